The van der Waals surface area contributed by atoms with Crippen LogP contribution in [-0.4, -0.2) is 48.9 Å². The van der Waals surface area contributed by atoms with E-state index < -0.39 is 5.60 Å². The van der Waals surface area contributed by atoms with Crippen molar-refractivity contribution in [3.05, 3.63) is 24.0 Å². The molecule has 2 rings (SSSR count). The van der Waals surface area contributed by atoms with Crippen molar-refractivity contribution in [2.45, 2.75) is 52.2 Å². The van der Waals surface area contributed by atoms with Gasteiger partial charge in [0, 0.05) is 49.8 Å². The lowest BCUT2D eigenvalue weighted by Crippen LogP contribution is -2.45. The number of alkyl carbamates (subject to hydrolysis) is 1. The third-order valence-corrected chi connectivity index (χ3v) is 3.97. The maximum atomic E-state index is 11.6. The van der Waals surface area contributed by atoms with Crippen LogP contribution in [0.25, 0.3) is 0 Å². The average Bonchev–Trinajstić information content (AvgIpc) is 2.50. The molecule has 0 bridgehead atoms. The van der Waals surface area contributed by atoms with E-state index in [4.69, 9.17) is 4.74 Å². The number of rotatable bonds is 5. The molecule has 1 aromatic rings. The second-order valence-corrected chi connectivity index (χ2v) is 7.30. The number of carbonyl (C=O) groups excluding carboxylic acids is 1. The van der Waals surface area contributed by atoms with Crippen molar-refractivity contribution in [2.24, 2.45) is 0 Å². The third-order valence-electron chi connectivity index (χ3n) is 3.97. The highest BCUT2D eigenvalue weighted by molar-refractivity contribution is 5.67. The number of ether oxygens (including phenoxy) is 1. The molecule has 1 saturated heterocycles. The summed E-state index contributed by atoms with van der Waals surface area (Å²) in [6.07, 6.45) is 3.73. The number of pyridine rings is 1. The molecule has 1 amide bonds. The Kier molecular flexibility index (Phi) is 6.43. The SMILES string of the molecule is Cc1cc(N2CCC(NCCNC(=O)OC(C)(C)C)CC2)ccn1. The highest BCUT2D eigenvalue weighted by Gasteiger charge is 2.19. The minimum absolute atomic E-state index is 0.354. The Hall–Kier alpha value is -1.82. The number of aromatic nitrogens is 1. The summed E-state index contributed by atoms with van der Waals surface area (Å²) in [5, 5.41) is 6.29. The average molecular weight is 334 g/mol. The Morgan fingerprint density at radius 1 is 1.33 bits per heavy atom. The summed E-state index contributed by atoms with van der Waals surface area (Å²) >= 11 is 0. The van der Waals surface area contributed by atoms with Crippen LogP contribution in [0.5, 0.6) is 0 Å². The zero-order chi connectivity index (χ0) is 17.6. The van der Waals surface area contributed by atoms with Crippen LogP contribution in [0.4, 0.5) is 10.5 Å². The van der Waals surface area contributed by atoms with Crippen molar-refractivity contribution in [3.8, 4) is 0 Å². The summed E-state index contributed by atoms with van der Waals surface area (Å²) in [4.78, 5) is 18.2. The summed E-state index contributed by atoms with van der Waals surface area (Å²) in [6.45, 7) is 11.0. The first-order chi connectivity index (χ1) is 11.3. The largest absolute Gasteiger partial charge is 0.444 e. The Balaban J connectivity index is 1.62. The van der Waals surface area contributed by atoms with Crippen LogP contribution in [0.3, 0.4) is 0 Å². The molecule has 6 heteroatoms. The molecule has 1 aromatic heterocycles. The predicted octanol–water partition coefficient (Wildman–Crippen LogP) is 2.47. The van der Waals surface area contributed by atoms with Crippen LogP contribution in [0.2, 0.25) is 0 Å². The van der Waals surface area contributed by atoms with Gasteiger partial charge in [-0.05, 0) is 52.7 Å². The Labute approximate surface area is 145 Å². The van der Waals surface area contributed by atoms with E-state index in [0.29, 0.717) is 12.6 Å². The minimum atomic E-state index is -0.449. The van der Waals surface area contributed by atoms with Gasteiger partial charge in [-0.3, -0.25) is 4.98 Å². The molecule has 0 unspecified atom stereocenters. The predicted molar refractivity (Wildman–Crippen MR) is 96.4 cm³/mol. The normalized spacial score (nSPS) is 16.1. The zero-order valence-corrected chi connectivity index (χ0v) is 15.3. The molecule has 2 N–H and O–H groups in total. The maximum absolute atomic E-state index is 11.6. The molecular weight excluding hydrogens is 304 g/mol. The number of amides is 1. The molecule has 0 aromatic carbocycles. The van der Waals surface area contributed by atoms with E-state index in [1.165, 1.54) is 5.69 Å². The monoisotopic (exact) mass is 334 g/mol. The van der Waals surface area contributed by atoms with Gasteiger partial charge in [0.2, 0.25) is 0 Å². The van der Waals surface area contributed by atoms with Crippen LogP contribution >= 0.6 is 0 Å². The van der Waals surface area contributed by atoms with E-state index in [2.05, 4.69) is 32.7 Å². The molecule has 1 aliphatic heterocycles. The molecule has 0 saturated carbocycles. The van der Waals surface area contributed by atoms with Gasteiger partial charge < -0.3 is 20.3 Å². The van der Waals surface area contributed by atoms with Gasteiger partial charge in [-0.1, -0.05) is 0 Å². The lowest BCUT2D eigenvalue weighted by molar-refractivity contribution is 0.0528. The van der Waals surface area contributed by atoms with Gasteiger partial charge in [-0.2, -0.15) is 0 Å². The standard InChI is InChI=1S/C18H30N4O2/c1-14-13-16(5-8-19-14)22-11-6-15(7-12-22)20-9-10-21-17(23)24-18(2,3)4/h5,8,13,15,20H,6-7,9-12H2,1-4H3,(H,21,23). The van der Waals surface area contributed by atoms with Crippen molar-refractivity contribution in [3.63, 3.8) is 0 Å². The van der Waals surface area contributed by atoms with Crippen molar-refractivity contribution in [1.29, 1.82) is 0 Å². The summed E-state index contributed by atoms with van der Waals surface area (Å²) in [6, 6.07) is 4.72. The van der Waals surface area contributed by atoms with Gasteiger partial charge in [0.25, 0.3) is 0 Å². The summed E-state index contributed by atoms with van der Waals surface area (Å²) in [5.74, 6) is 0. The molecule has 0 radical (unpaired) electrons. The van der Waals surface area contributed by atoms with Crippen LogP contribution < -0.4 is 15.5 Å². The molecule has 2 heterocycles. The number of nitrogens with zero attached hydrogens (tertiary/aromatic N) is 2. The first kappa shape index (κ1) is 18.5. The number of aryl methyl sites for hydroxylation is 1. The molecule has 134 valence electrons. The van der Waals surface area contributed by atoms with Gasteiger partial charge in [-0.25, -0.2) is 4.79 Å². The fourth-order valence-corrected chi connectivity index (χ4v) is 2.82. The lowest BCUT2D eigenvalue weighted by Gasteiger charge is -2.34. The van der Waals surface area contributed by atoms with Crippen molar-refractivity contribution >= 4 is 11.8 Å². The summed E-state index contributed by atoms with van der Waals surface area (Å²) < 4.78 is 5.21. The molecule has 6 nitrogen and oxygen atoms in total. The van der Waals surface area contributed by atoms with Gasteiger partial charge in [0.05, 0.1) is 0 Å². The second kappa shape index (κ2) is 8.33. The molecule has 1 aliphatic rings. The second-order valence-electron chi connectivity index (χ2n) is 7.30. The molecule has 24 heavy (non-hydrogen) atoms. The smallest absolute Gasteiger partial charge is 0.407 e. The number of hydrogen-bond acceptors (Lipinski definition) is 5. The fourth-order valence-electron chi connectivity index (χ4n) is 2.82. The van der Waals surface area contributed by atoms with Crippen LogP contribution in [0.15, 0.2) is 18.3 Å². The Bertz CT molecular complexity index is 534. The van der Waals surface area contributed by atoms with E-state index in [0.717, 1.165) is 38.2 Å². The maximum Gasteiger partial charge on any atom is 0.407 e. The van der Waals surface area contributed by atoms with Gasteiger partial charge in [0.1, 0.15) is 5.60 Å². The van der Waals surface area contributed by atoms with Gasteiger partial charge in [0.15, 0.2) is 0 Å². The topological polar surface area (TPSA) is 66.5 Å². The minimum Gasteiger partial charge on any atom is -0.444 e. The number of hydrogen-bond donors (Lipinski definition) is 2. The van der Waals surface area contributed by atoms with E-state index in [1.54, 1.807) is 0 Å². The first-order valence-corrected chi connectivity index (χ1v) is 8.71. The van der Waals surface area contributed by atoms with Crippen molar-refractivity contribution < 1.29 is 9.53 Å². The van der Waals surface area contributed by atoms with Crippen LogP contribution in [0.1, 0.15) is 39.3 Å². The summed E-state index contributed by atoms with van der Waals surface area (Å²) in [7, 11) is 0. The summed E-state index contributed by atoms with van der Waals surface area (Å²) in [5.41, 5.74) is 1.86. The molecule has 0 aliphatic carbocycles. The number of piperidine rings is 1. The van der Waals surface area contributed by atoms with Gasteiger partial charge in [-0.15, -0.1) is 0 Å². The molecular formula is C18H30N4O2. The van der Waals surface area contributed by atoms with E-state index >= 15 is 0 Å². The number of anilines is 1. The lowest BCUT2D eigenvalue weighted by atomic mass is 10.0. The number of carbonyl (C=O) groups is 1. The van der Waals surface area contributed by atoms with Crippen molar-refractivity contribution in [1.82, 2.24) is 15.6 Å². The van der Waals surface area contributed by atoms with E-state index in [9.17, 15) is 4.79 Å². The Morgan fingerprint density at radius 2 is 2.04 bits per heavy atom. The quantitative estimate of drug-likeness (QED) is 0.810. The fraction of sp³-hybridized carbons (Fsp3) is 0.667. The highest BCUT2D eigenvalue weighted by Crippen LogP contribution is 2.19. The van der Waals surface area contributed by atoms with Crippen LogP contribution in [0, 0.1) is 6.92 Å². The van der Waals surface area contributed by atoms with Gasteiger partial charge >= 0.3 is 6.09 Å². The molecule has 1 fully saturated rings. The zero-order valence-electron chi connectivity index (χ0n) is 15.3. The third kappa shape index (κ3) is 6.35. The van der Waals surface area contributed by atoms with Crippen molar-refractivity contribution in [2.75, 3.05) is 31.1 Å². The first-order valence-electron chi connectivity index (χ1n) is 8.71. The number of nitrogens with one attached hydrogen (secondary N) is 2. The highest BCUT2D eigenvalue weighted by atomic mass is 16.6. The Morgan fingerprint density at radius 3 is 2.67 bits per heavy atom. The van der Waals surface area contributed by atoms with E-state index in [-0.39, 0.29) is 6.09 Å². The van der Waals surface area contributed by atoms with E-state index in [1.807, 2.05) is 33.9 Å². The van der Waals surface area contributed by atoms with Crippen LogP contribution in [-0.2, 0) is 4.74 Å². The molecule has 0 atom stereocenters. The molecule has 0 spiro atoms.